The first kappa shape index (κ1) is 19.3. The van der Waals surface area contributed by atoms with Gasteiger partial charge in [0.1, 0.15) is 24.6 Å². The van der Waals surface area contributed by atoms with Gasteiger partial charge >= 0.3 is 5.97 Å². The molecule has 0 saturated carbocycles. The fraction of sp³-hybridized carbons (Fsp3) is 0.150. The monoisotopic (exact) mass is 430 g/mol. The van der Waals surface area contributed by atoms with E-state index in [1.54, 1.807) is 35.0 Å². The van der Waals surface area contributed by atoms with Gasteiger partial charge < -0.3 is 14.4 Å². The number of carboxylic acids is 1. The third-order valence-corrected chi connectivity index (χ3v) is 4.82. The van der Waals surface area contributed by atoms with Crippen molar-refractivity contribution in [1.29, 1.82) is 0 Å². The predicted molar refractivity (Wildman–Crippen MR) is 110 cm³/mol. The quantitative estimate of drug-likeness (QED) is 0.486. The van der Waals surface area contributed by atoms with Crippen LogP contribution in [-0.2, 0) is 17.9 Å². The van der Waals surface area contributed by atoms with Gasteiger partial charge in [-0.1, -0.05) is 23.2 Å². The van der Waals surface area contributed by atoms with Crippen LogP contribution >= 0.6 is 23.2 Å². The lowest BCUT2D eigenvalue weighted by Crippen LogP contribution is -2.07. The van der Waals surface area contributed by atoms with Gasteiger partial charge in [-0.25, -0.2) is 0 Å². The number of ether oxygens (including phenoxy) is 1. The SMILES string of the molecule is Cc1nn(-c2cc(Cl)cc(Cl)c2)nc1COc1ccc2c(ccn2CC(=O)O)c1. The summed E-state index contributed by atoms with van der Waals surface area (Å²) in [6, 6.07) is 12.5. The molecule has 0 atom stereocenters. The van der Waals surface area contributed by atoms with Crippen molar-refractivity contribution in [2.45, 2.75) is 20.1 Å². The Kier molecular flexibility index (Phi) is 5.17. The van der Waals surface area contributed by atoms with Crippen molar-refractivity contribution in [2.24, 2.45) is 0 Å². The van der Waals surface area contributed by atoms with E-state index in [-0.39, 0.29) is 13.2 Å². The number of nitrogens with zero attached hydrogens (tertiary/aromatic N) is 4. The molecule has 0 unspecified atom stereocenters. The molecule has 0 spiro atoms. The van der Waals surface area contributed by atoms with Crippen LogP contribution in [0, 0.1) is 6.92 Å². The summed E-state index contributed by atoms with van der Waals surface area (Å²) in [4.78, 5) is 12.4. The standard InChI is InChI=1S/C20H16Cl2N4O3/c1-12-18(24-26(23-12)16-8-14(21)7-15(22)9-16)11-29-17-2-3-19-13(6-17)4-5-25(19)10-20(27)28/h2-9H,10-11H2,1H3,(H,27,28). The Hall–Kier alpha value is -3.03. The highest BCUT2D eigenvalue weighted by Crippen LogP contribution is 2.24. The highest BCUT2D eigenvalue weighted by atomic mass is 35.5. The van der Waals surface area contributed by atoms with Gasteiger partial charge in [0.05, 0.1) is 11.4 Å². The molecule has 4 aromatic rings. The van der Waals surface area contributed by atoms with Gasteiger partial charge in [-0.2, -0.15) is 9.90 Å². The molecule has 0 aliphatic carbocycles. The summed E-state index contributed by atoms with van der Waals surface area (Å²) >= 11 is 12.1. The summed E-state index contributed by atoms with van der Waals surface area (Å²) in [6.45, 7) is 2.00. The fourth-order valence-corrected chi connectivity index (χ4v) is 3.53. The summed E-state index contributed by atoms with van der Waals surface area (Å²) in [7, 11) is 0. The molecule has 0 bridgehead atoms. The van der Waals surface area contributed by atoms with Crippen molar-refractivity contribution >= 4 is 40.1 Å². The van der Waals surface area contributed by atoms with E-state index < -0.39 is 5.97 Å². The van der Waals surface area contributed by atoms with Gasteiger partial charge in [0.2, 0.25) is 0 Å². The number of hydrogen-bond donors (Lipinski definition) is 1. The maximum absolute atomic E-state index is 10.9. The fourth-order valence-electron chi connectivity index (χ4n) is 3.02. The number of halogens is 2. The van der Waals surface area contributed by atoms with Crippen LogP contribution in [0.4, 0.5) is 0 Å². The molecule has 148 valence electrons. The number of carbonyl (C=O) groups is 1. The predicted octanol–water partition coefficient (Wildman–Crippen LogP) is 4.50. The molecule has 0 radical (unpaired) electrons. The molecule has 7 nitrogen and oxygen atoms in total. The zero-order valence-corrected chi connectivity index (χ0v) is 16.9. The second-order valence-electron chi connectivity index (χ2n) is 6.50. The molecule has 4 rings (SSSR count). The van der Waals surface area contributed by atoms with E-state index >= 15 is 0 Å². The van der Waals surface area contributed by atoms with Crippen molar-refractivity contribution in [3.05, 3.63) is 70.1 Å². The molecule has 9 heteroatoms. The molecule has 29 heavy (non-hydrogen) atoms. The number of benzene rings is 2. The summed E-state index contributed by atoms with van der Waals surface area (Å²) in [5, 5.41) is 19.8. The van der Waals surface area contributed by atoms with Gasteiger partial charge in [-0.3, -0.25) is 4.79 Å². The summed E-state index contributed by atoms with van der Waals surface area (Å²) in [5.41, 5.74) is 2.91. The molecule has 2 aromatic heterocycles. The van der Waals surface area contributed by atoms with Crippen molar-refractivity contribution in [3.8, 4) is 11.4 Å². The Balaban J connectivity index is 1.52. The molecule has 0 aliphatic heterocycles. The van der Waals surface area contributed by atoms with E-state index in [9.17, 15) is 4.79 Å². The normalized spacial score (nSPS) is 11.1. The first-order valence-electron chi connectivity index (χ1n) is 8.72. The van der Waals surface area contributed by atoms with Crippen molar-refractivity contribution in [1.82, 2.24) is 19.6 Å². The highest BCUT2D eigenvalue weighted by molar-refractivity contribution is 6.34. The van der Waals surface area contributed by atoms with E-state index in [1.165, 1.54) is 4.80 Å². The molecular formula is C20H16Cl2N4O3. The van der Waals surface area contributed by atoms with Crippen molar-refractivity contribution in [3.63, 3.8) is 0 Å². The lowest BCUT2D eigenvalue weighted by molar-refractivity contribution is -0.137. The number of hydrogen-bond acceptors (Lipinski definition) is 4. The largest absolute Gasteiger partial charge is 0.487 e. The van der Waals surface area contributed by atoms with Crippen LogP contribution in [-0.4, -0.2) is 30.6 Å². The number of aromatic nitrogens is 4. The molecular weight excluding hydrogens is 415 g/mol. The van der Waals surface area contributed by atoms with E-state index in [0.29, 0.717) is 27.2 Å². The van der Waals surface area contributed by atoms with E-state index in [4.69, 9.17) is 33.0 Å². The maximum Gasteiger partial charge on any atom is 0.323 e. The first-order chi connectivity index (χ1) is 13.9. The van der Waals surface area contributed by atoms with Gasteiger partial charge in [0, 0.05) is 27.1 Å². The number of carboxylic acid groups (broad SMARTS) is 1. The molecule has 1 N–H and O–H groups in total. The van der Waals surface area contributed by atoms with Crippen LogP contribution < -0.4 is 4.74 Å². The average molecular weight is 431 g/mol. The minimum Gasteiger partial charge on any atom is -0.487 e. The molecule has 0 aliphatic rings. The van der Waals surface area contributed by atoms with E-state index in [0.717, 1.165) is 16.6 Å². The Bertz CT molecular complexity index is 1200. The molecule has 0 fully saturated rings. The van der Waals surface area contributed by atoms with E-state index in [1.807, 2.05) is 25.1 Å². The minimum absolute atomic E-state index is 0.0838. The van der Waals surface area contributed by atoms with E-state index in [2.05, 4.69) is 10.2 Å². The Labute approximate surface area is 176 Å². The third-order valence-electron chi connectivity index (χ3n) is 4.38. The second kappa shape index (κ2) is 7.77. The third kappa shape index (κ3) is 4.21. The summed E-state index contributed by atoms with van der Waals surface area (Å²) in [6.07, 6.45) is 1.74. The molecule has 0 amide bonds. The Morgan fingerprint density at radius 1 is 1.10 bits per heavy atom. The number of aliphatic carboxylic acids is 1. The topological polar surface area (TPSA) is 82.2 Å². The van der Waals surface area contributed by atoms with Crippen LogP contribution in [0.1, 0.15) is 11.4 Å². The maximum atomic E-state index is 10.9. The zero-order chi connectivity index (χ0) is 20.5. The van der Waals surface area contributed by atoms with Crippen molar-refractivity contribution in [2.75, 3.05) is 0 Å². The van der Waals surface area contributed by atoms with Crippen LogP contribution in [0.15, 0.2) is 48.7 Å². The minimum atomic E-state index is -0.887. The summed E-state index contributed by atoms with van der Waals surface area (Å²) in [5.74, 6) is -0.229. The number of aryl methyl sites for hydroxylation is 1. The highest BCUT2D eigenvalue weighted by Gasteiger charge is 2.11. The molecule has 0 saturated heterocycles. The Morgan fingerprint density at radius 2 is 1.86 bits per heavy atom. The number of fused-ring (bicyclic) bond motifs is 1. The van der Waals surface area contributed by atoms with Crippen molar-refractivity contribution < 1.29 is 14.6 Å². The molecule has 2 aromatic carbocycles. The smallest absolute Gasteiger partial charge is 0.323 e. The zero-order valence-electron chi connectivity index (χ0n) is 15.3. The van der Waals surface area contributed by atoms with Gasteiger partial charge in [0.25, 0.3) is 0 Å². The van der Waals surface area contributed by atoms with Gasteiger partial charge in [0.15, 0.2) is 0 Å². The second-order valence-corrected chi connectivity index (χ2v) is 7.37. The van der Waals surface area contributed by atoms with Crippen LogP contribution in [0.5, 0.6) is 5.75 Å². The average Bonchev–Trinajstić information content (AvgIpc) is 3.22. The lowest BCUT2D eigenvalue weighted by Gasteiger charge is -2.06. The van der Waals surface area contributed by atoms with Crippen LogP contribution in [0.3, 0.4) is 0 Å². The Morgan fingerprint density at radius 3 is 2.59 bits per heavy atom. The first-order valence-corrected chi connectivity index (χ1v) is 9.47. The molecule has 2 heterocycles. The van der Waals surface area contributed by atoms with Gasteiger partial charge in [-0.15, -0.1) is 5.10 Å². The van der Waals surface area contributed by atoms with Crippen LogP contribution in [0.25, 0.3) is 16.6 Å². The summed E-state index contributed by atoms with van der Waals surface area (Å²) < 4.78 is 7.55. The van der Waals surface area contributed by atoms with Gasteiger partial charge in [-0.05, 0) is 49.4 Å². The van der Waals surface area contributed by atoms with Crippen LogP contribution in [0.2, 0.25) is 10.0 Å². The number of rotatable bonds is 6. The lowest BCUT2D eigenvalue weighted by atomic mass is 10.2.